The first-order valence-electron chi connectivity index (χ1n) is 5.93. The second-order valence-corrected chi connectivity index (χ2v) is 4.45. The maximum absolute atomic E-state index is 14.4. The minimum absolute atomic E-state index is 0.0519. The highest BCUT2D eigenvalue weighted by Crippen LogP contribution is 2.34. The molecule has 0 spiro atoms. The van der Waals surface area contributed by atoms with Crippen LogP contribution >= 0.6 is 0 Å². The van der Waals surface area contributed by atoms with Crippen LogP contribution in [0.15, 0.2) is 36.4 Å². The number of benzene rings is 2. The number of rotatable bonds is 2. The monoisotopic (exact) mass is 293 g/mol. The minimum atomic E-state index is -0.924. The number of nitrogens with zero attached hydrogens (tertiary/aromatic N) is 1. The van der Waals surface area contributed by atoms with Crippen LogP contribution in [0.5, 0.6) is 0 Å². The molecule has 0 atom stereocenters. The van der Waals surface area contributed by atoms with Crippen LogP contribution in [0.1, 0.15) is 10.4 Å². The fraction of sp³-hybridized carbons (Fsp3) is 0. The molecule has 1 heterocycles. The van der Waals surface area contributed by atoms with Crippen LogP contribution in [0.2, 0.25) is 0 Å². The molecule has 0 saturated carbocycles. The van der Waals surface area contributed by atoms with Crippen LogP contribution in [-0.2, 0) is 0 Å². The molecule has 2 nitrogen and oxygen atoms in total. The van der Waals surface area contributed by atoms with E-state index < -0.39 is 17.5 Å². The van der Waals surface area contributed by atoms with Crippen LogP contribution in [0.4, 0.5) is 17.7 Å². The zero-order valence-electron chi connectivity index (χ0n) is 10.4. The van der Waals surface area contributed by atoms with Gasteiger partial charge in [0, 0.05) is 17.0 Å². The summed E-state index contributed by atoms with van der Waals surface area (Å²) in [5, 5.41) is -0.227. The maximum Gasteiger partial charge on any atom is 0.153 e. The van der Waals surface area contributed by atoms with E-state index in [-0.39, 0.29) is 38.8 Å². The molecule has 0 fully saturated rings. The van der Waals surface area contributed by atoms with Crippen molar-refractivity contribution in [1.82, 2.24) is 4.79 Å². The van der Waals surface area contributed by atoms with Gasteiger partial charge < -0.3 is 0 Å². The summed E-state index contributed by atoms with van der Waals surface area (Å²) in [6.45, 7) is 0. The Morgan fingerprint density at radius 3 is 2.29 bits per heavy atom. The third-order valence-electron chi connectivity index (χ3n) is 3.18. The molecule has 0 unspecified atom stereocenters. The minimum Gasteiger partial charge on any atom is -0.298 e. The van der Waals surface area contributed by atoms with E-state index in [1.807, 2.05) is 0 Å². The van der Waals surface area contributed by atoms with Crippen molar-refractivity contribution in [3.05, 3.63) is 59.4 Å². The van der Waals surface area contributed by atoms with Crippen LogP contribution in [0.3, 0.4) is 0 Å². The van der Waals surface area contributed by atoms with Crippen LogP contribution < -0.4 is 0 Å². The Labute approximate surface area is 116 Å². The Hall–Kier alpha value is -2.63. The summed E-state index contributed by atoms with van der Waals surface area (Å²) < 4.78 is 54.7. The number of aromatic nitrogens is 1. The van der Waals surface area contributed by atoms with Crippen molar-refractivity contribution in [2.75, 3.05) is 0 Å². The molecule has 3 rings (SSSR count). The smallest absolute Gasteiger partial charge is 0.153 e. The molecule has 2 aromatic carbocycles. The first-order valence-corrected chi connectivity index (χ1v) is 5.93. The number of halogens is 4. The van der Waals surface area contributed by atoms with E-state index in [1.54, 1.807) is 0 Å². The Morgan fingerprint density at radius 1 is 1.00 bits per heavy atom. The lowest BCUT2D eigenvalue weighted by Gasteiger charge is -2.03. The maximum atomic E-state index is 14.4. The second kappa shape index (κ2) is 4.73. The van der Waals surface area contributed by atoms with Gasteiger partial charge in [0.15, 0.2) is 6.29 Å². The number of aldehydes is 1. The lowest BCUT2D eigenvalue weighted by Crippen LogP contribution is -1.92. The molecule has 1 aromatic heterocycles. The molecule has 0 aliphatic heterocycles. The van der Waals surface area contributed by atoms with Gasteiger partial charge in [-0.1, -0.05) is 10.5 Å². The first-order chi connectivity index (χ1) is 10.0. The van der Waals surface area contributed by atoms with Gasteiger partial charge in [-0.2, -0.15) is 4.79 Å². The summed E-state index contributed by atoms with van der Waals surface area (Å²) in [4.78, 5) is 11.3. The topological polar surface area (TPSA) is 22.0 Å². The van der Waals surface area contributed by atoms with Crippen molar-refractivity contribution in [2.24, 2.45) is 0 Å². The van der Waals surface area contributed by atoms with Crippen molar-refractivity contribution in [3.63, 3.8) is 0 Å². The van der Waals surface area contributed by atoms with E-state index in [4.69, 9.17) is 0 Å². The summed E-state index contributed by atoms with van der Waals surface area (Å²) in [5.74, 6) is -2.63. The van der Waals surface area contributed by atoms with E-state index in [9.17, 15) is 22.4 Å². The number of carbonyl (C=O) groups excluding carboxylic acids is 1. The molecule has 106 valence electrons. The van der Waals surface area contributed by atoms with Gasteiger partial charge in [0.1, 0.15) is 17.5 Å². The number of hydrogen-bond donors (Lipinski definition) is 0. The molecule has 0 aliphatic rings. The third-order valence-corrected chi connectivity index (χ3v) is 3.18. The Morgan fingerprint density at radius 2 is 1.67 bits per heavy atom. The van der Waals surface area contributed by atoms with E-state index in [0.717, 1.165) is 18.2 Å². The predicted octanol–water partition coefficient (Wildman–Crippen LogP) is 4.27. The average molecular weight is 293 g/mol. The highest BCUT2D eigenvalue weighted by atomic mass is 19.2. The van der Waals surface area contributed by atoms with Gasteiger partial charge >= 0.3 is 0 Å². The molecule has 0 amide bonds. The molecular weight excluding hydrogens is 286 g/mol. The quantitative estimate of drug-likeness (QED) is 0.511. The van der Waals surface area contributed by atoms with Gasteiger partial charge in [0.25, 0.3) is 0 Å². The molecular formula is C15H7F4NO. The van der Waals surface area contributed by atoms with Gasteiger partial charge in [-0.25, -0.2) is 13.2 Å². The van der Waals surface area contributed by atoms with Gasteiger partial charge in [-0.3, -0.25) is 4.79 Å². The van der Waals surface area contributed by atoms with E-state index in [1.165, 1.54) is 12.1 Å². The third kappa shape index (κ3) is 1.99. The van der Waals surface area contributed by atoms with Gasteiger partial charge in [0.2, 0.25) is 0 Å². The highest BCUT2D eigenvalue weighted by Gasteiger charge is 2.22. The standard InChI is InChI=1S/C15H7F4NO/c16-9-4-8(5-10(17)6-9)15-11(7-21)14-12(18)2-1-3-13(14)20(15)19/h1-7H. The van der Waals surface area contributed by atoms with E-state index in [0.29, 0.717) is 6.07 Å². The summed E-state index contributed by atoms with van der Waals surface area (Å²) in [6.07, 6.45) is 0.264. The van der Waals surface area contributed by atoms with E-state index >= 15 is 0 Å². The van der Waals surface area contributed by atoms with Gasteiger partial charge in [-0.05, 0) is 24.3 Å². The summed E-state index contributed by atoms with van der Waals surface area (Å²) in [6, 6.07) is 5.99. The zero-order valence-corrected chi connectivity index (χ0v) is 10.4. The van der Waals surface area contributed by atoms with Crippen LogP contribution in [-0.4, -0.2) is 11.1 Å². The molecule has 3 aromatic rings. The fourth-order valence-electron chi connectivity index (χ4n) is 2.36. The van der Waals surface area contributed by atoms with Gasteiger partial charge in [0.05, 0.1) is 16.8 Å². The molecule has 0 aliphatic carbocycles. The highest BCUT2D eigenvalue weighted by molar-refractivity contribution is 6.05. The number of fused-ring (bicyclic) bond motifs is 1. The fourth-order valence-corrected chi connectivity index (χ4v) is 2.36. The predicted molar refractivity (Wildman–Crippen MR) is 69.1 cm³/mol. The molecule has 0 saturated heterocycles. The molecule has 0 N–H and O–H groups in total. The van der Waals surface area contributed by atoms with Crippen LogP contribution in [0.25, 0.3) is 22.2 Å². The van der Waals surface area contributed by atoms with Crippen LogP contribution in [0, 0.1) is 17.5 Å². The molecule has 0 bridgehead atoms. The summed E-state index contributed by atoms with van der Waals surface area (Å²) >= 11 is 0. The lowest BCUT2D eigenvalue weighted by molar-refractivity contribution is 0.112. The molecule has 6 heteroatoms. The van der Waals surface area contributed by atoms with Crippen molar-refractivity contribution in [1.29, 1.82) is 0 Å². The van der Waals surface area contributed by atoms with E-state index in [2.05, 4.69) is 0 Å². The molecule has 0 radical (unpaired) electrons. The zero-order chi connectivity index (χ0) is 15.1. The normalized spacial score (nSPS) is 11.0. The lowest BCUT2D eigenvalue weighted by atomic mass is 10.1. The SMILES string of the molecule is O=Cc1c(-c2cc(F)cc(F)c2)n(F)c2cccc(F)c12. The summed E-state index contributed by atoms with van der Waals surface area (Å²) in [7, 11) is 0. The summed E-state index contributed by atoms with van der Waals surface area (Å²) in [5.41, 5.74) is -1.05. The second-order valence-electron chi connectivity index (χ2n) is 4.45. The largest absolute Gasteiger partial charge is 0.298 e. The Bertz CT molecular complexity index is 849. The Balaban J connectivity index is 2.45. The van der Waals surface area contributed by atoms with Crippen molar-refractivity contribution in [3.8, 4) is 11.3 Å². The Kier molecular flexibility index (Phi) is 3.01. The first kappa shape index (κ1) is 13.4. The van der Waals surface area contributed by atoms with Gasteiger partial charge in [-0.15, -0.1) is 0 Å². The van der Waals surface area contributed by atoms with Crippen molar-refractivity contribution >= 4 is 17.2 Å². The molecule has 21 heavy (non-hydrogen) atoms. The number of hydrogen-bond acceptors (Lipinski definition) is 1. The van der Waals surface area contributed by atoms with Crippen molar-refractivity contribution < 1.29 is 22.4 Å². The number of carbonyl (C=O) groups is 1. The van der Waals surface area contributed by atoms with Crippen molar-refractivity contribution in [2.45, 2.75) is 0 Å². The average Bonchev–Trinajstić information content (AvgIpc) is 2.72.